The van der Waals surface area contributed by atoms with Gasteiger partial charge in [-0.05, 0) is 53.9 Å². The molecule has 1 aliphatic heterocycles. The average Bonchev–Trinajstić information content (AvgIpc) is 2.65. The zero-order valence-electron chi connectivity index (χ0n) is 15.2. The molecule has 1 aliphatic rings. The first-order valence-corrected chi connectivity index (χ1v) is 8.96. The lowest BCUT2D eigenvalue weighted by atomic mass is 9.96. The van der Waals surface area contributed by atoms with Crippen molar-refractivity contribution in [3.05, 3.63) is 42.0 Å². The fourth-order valence-electron chi connectivity index (χ4n) is 3.51. The molecule has 0 saturated carbocycles. The number of halogens is 1. The summed E-state index contributed by atoms with van der Waals surface area (Å²) >= 11 is 0. The molecule has 0 aromatic heterocycles. The van der Waals surface area contributed by atoms with E-state index in [-0.39, 0.29) is 24.2 Å². The summed E-state index contributed by atoms with van der Waals surface area (Å²) in [5.41, 5.74) is 6.74. The van der Waals surface area contributed by atoms with E-state index in [9.17, 15) is 4.79 Å². The monoisotopic (exact) mass is 377 g/mol. The number of ether oxygens (including phenoxy) is 1. The highest BCUT2D eigenvalue weighted by Crippen LogP contribution is 2.24. The van der Waals surface area contributed by atoms with E-state index in [1.54, 1.807) is 7.11 Å². The van der Waals surface area contributed by atoms with Gasteiger partial charge in [0.1, 0.15) is 5.75 Å². The molecule has 5 nitrogen and oxygen atoms in total. The van der Waals surface area contributed by atoms with Crippen LogP contribution in [0.2, 0.25) is 0 Å². The van der Waals surface area contributed by atoms with E-state index in [0.29, 0.717) is 13.1 Å². The third kappa shape index (κ3) is 5.10. The zero-order valence-corrected chi connectivity index (χ0v) is 16.1. The molecule has 2 aromatic rings. The van der Waals surface area contributed by atoms with Crippen molar-refractivity contribution in [2.24, 2.45) is 11.7 Å². The summed E-state index contributed by atoms with van der Waals surface area (Å²) in [6.07, 6.45) is 2.02. The summed E-state index contributed by atoms with van der Waals surface area (Å²) in [6.45, 7) is 3.79. The van der Waals surface area contributed by atoms with Crippen molar-refractivity contribution >= 4 is 29.1 Å². The van der Waals surface area contributed by atoms with Gasteiger partial charge < -0.3 is 15.8 Å². The molecule has 3 rings (SSSR count). The zero-order chi connectivity index (χ0) is 17.6. The van der Waals surface area contributed by atoms with Gasteiger partial charge in [-0.2, -0.15) is 0 Å². The van der Waals surface area contributed by atoms with Crippen LogP contribution >= 0.6 is 12.4 Å². The van der Waals surface area contributed by atoms with Crippen LogP contribution in [0, 0.1) is 5.92 Å². The van der Waals surface area contributed by atoms with E-state index >= 15 is 0 Å². The molecule has 1 heterocycles. The molecule has 1 unspecified atom stereocenters. The summed E-state index contributed by atoms with van der Waals surface area (Å²) in [4.78, 5) is 14.6. The molecule has 26 heavy (non-hydrogen) atoms. The molecule has 1 atom stereocenters. The summed E-state index contributed by atoms with van der Waals surface area (Å²) in [5.74, 6) is 1.09. The molecule has 2 aromatic carbocycles. The first-order valence-electron chi connectivity index (χ1n) is 8.96. The van der Waals surface area contributed by atoms with E-state index in [1.807, 2.05) is 6.07 Å². The van der Waals surface area contributed by atoms with Gasteiger partial charge in [-0.25, -0.2) is 0 Å². The average molecular weight is 378 g/mol. The lowest BCUT2D eigenvalue weighted by Gasteiger charge is -2.32. The first-order chi connectivity index (χ1) is 12.2. The maximum Gasteiger partial charge on any atom is 0.224 e. The largest absolute Gasteiger partial charge is 0.497 e. The summed E-state index contributed by atoms with van der Waals surface area (Å²) < 4.78 is 5.28. The second-order valence-electron chi connectivity index (χ2n) is 6.70. The Labute approximate surface area is 161 Å². The van der Waals surface area contributed by atoms with Gasteiger partial charge in [0.2, 0.25) is 5.91 Å². The van der Waals surface area contributed by atoms with Crippen LogP contribution in [0.1, 0.15) is 18.4 Å². The Bertz CT molecular complexity index is 738. The standard InChI is InChI=1S/C20H27N3O2.ClH/c1-25-19-7-6-16-11-15(4-5-17(16)12-19)13-23-10-2-3-18(14-23)20(24)22-9-8-21;/h4-7,11-12,18H,2-3,8-10,13-14,21H2,1H3,(H,22,24);1H. The Hall–Kier alpha value is -1.82. The second-order valence-corrected chi connectivity index (χ2v) is 6.70. The SMILES string of the molecule is COc1ccc2cc(CN3CCCC(C(=O)NCCN)C3)ccc2c1.Cl. The van der Waals surface area contributed by atoms with Gasteiger partial charge in [-0.3, -0.25) is 9.69 Å². The minimum Gasteiger partial charge on any atom is -0.497 e. The molecular weight excluding hydrogens is 350 g/mol. The normalized spacial score (nSPS) is 17.5. The number of likely N-dealkylation sites (tertiary alicyclic amines) is 1. The van der Waals surface area contributed by atoms with Crippen LogP contribution in [-0.4, -0.2) is 44.1 Å². The number of piperidine rings is 1. The highest BCUT2D eigenvalue weighted by molar-refractivity contribution is 5.85. The minimum absolute atomic E-state index is 0. The van der Waals surface area contributed by atoms with Gasteiger partial charge >= 0.3 is 0 Å². The summed E-state index contributed by atoms with van der Waals surface area (Å²) in [7, 11) is 1.69. The fraction of sp³-hybridized carbons (Fsp3) is 0.450. The van der Waals surface area contributed by atoms with E-state index in [1.165, 1.54) is 16.3 Å². The summed E-state index contributed by atoms with van der Waals surface area (Å²) in [6, 6.07) is 12.7. The predicted molar refractivity (Wildman–Crippen MR) is 108 cm³/mol. The number of nitrogens with one attached hydrogen (secondary N) is 1. The maximum absolute atomic E-state index is 12.2. The third-order valence-electron chi connectivity index (χ3n) is 4.84. The highest BCUT2D eigenvalue weighted by Gasteiger charge is 2.25. The quantitative estimate of drug-likeness (QED) is 0.811. The molecule has 142 valence electrons. The first kappa shape index (κ1) is 20.5. The Morgan fingerprint density at radius 2 is 2.04 bits per heavy atom. The van der Waals surface area contributed by atoms with Gasteiger partial charge in [-0.1, -0.05) is 18.2 Å². The Balaban J connectivity index is 0.00000243. The lowest BCUT2D eigenvalue weighted by Crippen LogP contribution is -2.43. The van der Waals surface area contributed by atoms with Crippen molar-refractivity contribution in [2.45, 2.75) is 19.4 Å². The van der Waals surface area contributed by atoms with Crippen LogP contribution in [0.25, 0.3) is 10.8 Å². The van der Waals surface area contributed by atoms with Crippen molar-refractivity contribution in [3.63, 3.8) is 0 Å². The predicted octanol–water partition coefficient (Wildman–Crippen LogP) is 2.56. The van der Waals surface area contributed by atoms with Crippen molar-refractivity contribution < 1.29 is 9.53 Å². The molecule has 0 aliphatic carbocycles. The van der Waals surface area contributed by atoms with Gasteiger partial charge in [0.05, 0.1) is 13.0 Å². The molecule has 0 bridgehead atoms. The molecule has 3 N–H and O–H groups in total. The Morgan fingerprint density at radius 1 is 1.27 bits per heavy atom. The molecule has 6 heteroatoms. The number of carbonyl (C=O) groups excluding carboxylic acids is 1. The van der Waals surface area contributed by atoms with Crippen LogP contribution in [0.5, 0.6) is 5.75 Å². The van der Waals surface area contributed by atoms with Crippen molar-refractivity contribution in [3.8, 4) is 5.75 Å². The number of fused-ring (bicyclic) bond motifs is 1. The Kier molecular flexibility index (Phi) is 7.69. The topological polar surface area (TPSA) is 67.6 Å². The van der Waals surface area contributed by atoms with E-state index in [2.05, 4.69) is 40.5 Å². The number of nitrogens with two attached hydrogens (primary N) is 1. The lowest BCUT2D eigenvalue weighted by molar-refractivity contribution is -0.126. The number of nitrogens with zero attached hydrogens (tertiary/aromatic N) is 1. The van der Waals surface area contributed by atoms with Crippen LogP contribution in [-0.2, 0) is 11.3 Å². The molecule has 0 spiro atoms. The van der Waals surface area contributed by atoms with E-state index < -0.39 is 0 Å². The number of methoxy groups -OCH3 is 1. The molecule has 1 amide bonds. The van der Waals surface area contributed by atoms with Crippen LogP contribution in [0.15, 0.2) is 36.4 Å². The van der Waals surface area contributed by atoms with Gasteiger partial charge in [0.15, 0.2) is 0 Å². The maximum atomic E-state index is 12.2. The van der Waals surface area contributed by atoms with Gasteiger partial charge in [-0.15, -0.1) is 12.4 Å². The molecule has 1 fully saturated rings. The van der Waals surface area contributed by atoms with Crippen molar-refractivity contribution in [2.75, 3.05) is 33.3 Å². The number of rotatable bonds is 6. The van der Waals surface area contributed by atoms with Crippen molar-refractivity contribution in [1.82, 2.24) is 10.2 Å². The van der Waals surface area contributed by atoms with Crippen molar-refractivity contribution in [1.29, 1.82) is 0 Å². The third-order valence-corrected chi connectivity index (χ3v) is 4.84. The highest BCUT2D eigenvalue weighted by atomic mass is 35.5. The number of hydrogen-bond donors (Lipinski definition) is 2. The number of benzene rings is 2. The minimum atomic E-state index is 0. The fourth-order valence-corrected chi connectivity index (χ4v) is 3.51. The van der Waals surface area contributed by atoms with E-state index in [4.69, 9.17) is 10.5 Å². The number of amides is 1. The van der Waals surface area contributed by atoms with Crippen LogP contribution in [0.3, 0.4) is 0 Å². The number of hydrogen-bond acceptors (Lipinski definition) is 4. The van der Waals surface area contributed by atoms with Gasteiger partial charge in [0.25, 0.3) is 0 Å². The molecule has 1 saturated heterocycles. The van der Waals surface area contributed by atoms with E-state index in [0.717, 1.165) is 38.2 Å². The second kappa shape index (κ2) is 9.76. The molecule has 0 radical (unpaired) electrons. The van der Waals surface area contributed by atoms with Crippen LogP contribution in [0.4, 0.5) is 0 Å². The van der Waals surface area contributed by atoms with Crippen LogP contribution < -0.4 is 15.8 Å². The summed E-state index contributed by atoms with van der Waals surface area (Å²) in [5, 5.41) is 5.32. The van der Waals surface area contributed by atoms with Gasteiger partial charge in [0, 0.05) is 26.2 Å². The number of carbonyl (C=O) groups is 1. The smallest absolute Gasteiger partial charge is 0.224 e. The molecular formula is C20H28ClN3O2. The Morgan fingerprint density at radius 3 is 2.81 bits per heavy atom.